The lowest BCUT2D eigenvalue weighted by Crippen LogP contribution is -1.99. The van der Waals surface area contributed by atoms with Gasteiger partial charge in [-0.3, -0.25) is 9.55 Å². The Morgan fingerprint density at radius 1 is 1.28 bits per heavy atom. The molecule has 0 fully saturated rings. The highest BCUT2D eigenvalue weighted by molar-refractivity contribution is 6.17. The molecule has 0 saturated carbocycles. The Hall–Kier alpha value is -1.87. The zero-order valence-electron chi connectivity index (χ0n) is 9.97. The Labute approximate surface area is 110 Å². The second-order valence-corrected chi connectivity index (χ2v) is 4.47. The maximum Gasteiger partial charge on any atom is 0.129 e. The predicted octanol–water partition coefficient (Wildman–Crippen LogP) is 3.47. The zero-order valence-corrected chi connectivity index (χ0v) is 10.7. The molecule has 2 aromatic heterocycles. The van der Waals surface area contributed by atoms with E-state index in [9.17, 15) is 0 Å². The minimum absolute atomic E-state index is 0.378. The van der Waals surface area contributed by atoms with E-state index in [-0.39, 0.29) is 0 Å². The lowest BCUT2D eigenvalue weighted by atomic mass is 10.2. The molecule has 90 valence electrons. The first-order valence-corrected chi connectivity index (χ1v) is 6.27. The number of pyridine rings is 1. The molecule has 0 radical (unpaired) electrons. The molecule has 0 N–H and O–H groups in total. The van der Waals surface area contributed by atoms with Crippen LogP contribution in [0.3, 0.4) is 0 Å². The van der Waals surface area contributed by atoms with E-state index < -0.39 is 0 Å². The summed E-state index contributed by atoms with van der Waals surface area (Å²) < 4.78 is 2.08. The van der Waals surface area contributed by atoms with E-state index in [0.717, 1.165) is 22.5 Å². The van der Waals surface area contributed by atoms with Gasteiger partial charge in [-0.05, 0) is 30.7 Å². The lowest BCUT2D eigenvalue weighted by molar-refractivity contribution is 0.980. The Morgan fingerprint density at radius 2 is 2.17 bits per heavy atom. The molecule has 0 amide bonds. The van der Waals surface area contributed by atoms with Gasteiger partial charge in [0.25, 0.3) is 0 Å². The summed E-state index contributed by atoms with van der Waals surface area (Å²) in [6, 6.07) is 10.3. The van der Waals surface area contributed by atoms with E-state index in [1.165, 1.54) is 5.56 Å². The highest BCUT2D eigenvalue weighted by Crippen LogP contribution is 2.22. The van der Waals surface area contributed by atoms with Gasteiger partial charge in [0.05, 0.1) is 17.6 Å². The maximum atomic E-state index is 5.99. The molecule has 3 aromatic rings. The fraction of sp³-hybridized carbons (Fsp3) is 0.143. The van der Waals surface area contributed by atoms with Gasteiger partial charge in [0, 0.05) is 11.9 Å². The molecular formula is C14H12ClN3. The van der Waals surface area contributed by atoms with Crippen molar-refractivity contribution in [1.82, 2.24) is 14.5 Å². The van der Waals surface area contributed by atoms with Crippen LogP contribution in [0.4, 0.5) is 0 Å². The van der Waals surface area contributed by atoms with Gasteiger partial charge >= 0.3 is 0 Å². The molecule has 18 heavy (non-hydrogen) atoms. The van der Waals surface area contributed by atoms with Crippen LogP contribution in [0.25, 0.3) is 16.7 Å². The molecule has 4 heteroatoms. The molecular weight excluding hydrogens is 246 g/mol. The van der Waals surface area contributed by atoms with Crippen molar-refractivity contribution in [3.05, 3.63) is 54.1 Å². The van der Waals surface area contributed by atoms with E-state index in [4.69, 9.17) is 11.6 Å². The molecule has 0 saturated heterocycles. The third-order valence-electron chi connectivity index (χ3n) is 2.91. The fourth-order valence-corrected chi connectivity index (χ4v) is 2.31. The van der Waals surface area contributed by atoms with Crippen molar-refractivity contribution in [2.24, 2.45) is 0 Å². The van der Waals surface area contributed by atoms with Crippen LogP contribution >= 0.6 is 11.6 Å². The van der Waals surface area contributed by atoms with Crippen molar-refractivity contribution in [3.8, 4) is 5.69 Å². The van der Waals surface area contributed by atoms with Crippen LogP contribution in [0.15, 0.2) is 42.7 Å². The van der Waals surface area contributed by atoms with Crippen molar-refractivity contribution < 1.29 is 0 Å². The topological polar surface area (TPSA) is 30.7 Å². The summed E-state index contributed by atoms with van der Waals surface area (Å²) in [7, 11) is 0. The minimum Gasteiger partial charge on any atom is -0.295 e. The SMILES string of the molecule is Cc1cccc(-n2c(CCl)nc3cnccc32)c1. The first-order valence-electron chi connectivity index (χ1n) is 5.74. The number of rotatable bonds is 2. The number of hydrogen-bond acceptors (Lipinski definition) is 2. The van der Waals surface area contributed by atoms with Crippen LogP contribution < -0.4 is 0 Å². The van der Waals surface area contributed by atoms with Crippen LogP contribution in [0, 0.1) is 6.92 Å². The first-order chi connectivity index (χ1) is 8.79. The molecule has 0 aliphatic heterocycles. The number of aryl methyl sites for hydroxylation is 1. The summed E-state index contributed by atoms with van der Waals surface area (Å²) in [6.45, 7) is 2.07. The van der Waals surface area contributed by atoms with Gasteiger partial charge in [0.1, 0.15) is 11.3 Å². The third kappa shape index (κ3) is 1.77. The van der Waals surface area contributed by atoms with Crippen molar-refractivity contribution in [2.75, 3.05) is 0 Å². The van der Waals surface area contributed by atoms with Gasteiger partial charge in [-0.25, -0.2) is 4.98 Å². The molecule has 0 aliphatic rings. The molecule has 0 aliphatic carbocycles. The highest BCUT2D eigenvalue weighted by Gasteiger charge is 2.11. The molecule has 2 heterocycles. The number of alkyl halides is 1. The van der Waals surface area contributed by atoms with Gasteiger partial charge < -0.3 is 0 Å². The highest BCUT2D eigenvalue weighted by atomic mass is 35.5. The molecule has 0 atom stereocenters. The Bertz CT molecular complexity index is 703. The minimum atomic E-state index is 0.378. The number of imidazole rings is 1. The number of hydrogen-bond donors (Lipinski definition) is 0. The molecule has 3 nitrogen and oxygen atoms in total. The number of nitrogens with zero attached hydrogens (tertiary/aromatic N) is 3. The average molecular weight is 258 g/mol. The standard InChI is InChI=1S/C14H12ClN3/c1-10-3-2-4-11(7-10)18-13-5-6-16-9-12(13)17-14(18)8-15/h2-7,9H,8H2,1H3. The quantitative estimate of drug-likeness (QED) is 0.658. The normalized spacial score (nSPS) is 11.0. The van der Waals surface area contributed by atoms with Gasteiger partial charge in [0.15, 0.2) is 0 Å². The molecule has 0 unspecified atom stereocenters. The van der Waals surface area contributed by atoms with Crippen molar-refractivity contribution in [3.63, 3.8) is 0 Å². The second-order valence-electron chi connectivity index (χ2n) is 4.20. The lowest BCUT2D eigenvalue weighted by Gasteiger charge is -2.08. The molecule has 0 spiro atoms. The van der Waals surface area contributed by atoms with E-state index >= 15 is 0 Å². The van der Waals surface area contributed by atoms with Gasteiger partial charge in [0.2, 0.25) is 0 Å². The monoisotopic (exact) mass is 257 g/mol. The van der Waals surface area contributed by atoms with Crippen LogP contribution in [-0.4, -0.2) is 14.5 Å². The summed E-state index contributed by atoms with van der Waals surface area (Å²) in [5, 5.41) is 0. The maximum absolute atomic E-state index is 5.99. The summed E-state index contributed by atoms with van der Waals surface area (Å²) in [5.74, 6) is 1.22. The molecule has 1 aromatic carbocycles. The summed E-state index contributed by atoms with van der Waals surface area (Å²) in [5.41, 5.74) is 4.20. The van der Waals surface area contributed by atoms with Gasteiger partial charge in [-0.1, -0.05) is 12.1 Å². The Kier molecular flexibility index (Phi) is 2.76. The van der Waals surface area contributed by atoms with Crippen molar-refractivity contribution in [1.29, 1.82) is 0 Å². The van der Waals surface area contributed by atoms with Crippen molar-refractivity contribution in [2.45, 2.75) is 12.8 Å². The Morgan fingerprint density at radius 3 is 2.94 bits per heavy atom. The Balaban J connectivity index is 2.33. The van der Waals surface area contributed by atoms with Crippen LogP contribution in [-0.2, 0) is 5.88 Å². The van der Waals surface area contributed by atoms with Crippen LogP contribution in [0.1, 0.15) is 11.4 Å². The fourth-order valence-electron chi connectivity index (χ4n) is 2.13. The number of fused-ring (bicyclic) bond motifs is 1. The predicted molar refractivity (Wildman–Crippen MR) is 73.2 cm³/mol. The summed E-state index contributed by atoms with van der Waals surface area (Å²) in [4.78, 5) is 8.60. The van der Waals surface area contributed by atoms with E-state index in [2.05, 4.69) is 39.7 Å². The van der Waals surface area contributed by atoms with Gasteiger partial charge in [-0.2, -0.15) is 0 Å². The van der Waals surface area contributed by atoms with E-state index in [1.807, 2.05) is 12.1 Å². The number of aromatic nitrogens is 3. The molecule has 3 rings (SSSR count). The summed E-state index contributed by atoms with van der Waals surface area (Å²) >= 11 is 5.99. The summed E-state index contributed by atoms with van der Waals surface area (Å²) in [6.07, 6.45) is 3.53. The smallest absolute Gasteiger partial charge is 0.129 e. The van der Waals surface area contributed by atoms with Crippen LogP contribution in [0.5, 0.6) is 0 Å². The zero-order chi connectivity index (χ0) is 12.5. The van der Waals surface area contributed by atoms with Crippen molar-refractivity contribution >= 4 is 22.6 Å². The van der Waals surface area contributed by atoms with E-state index in [1.54, 1.807) is 12.4 Å². The van der Waals surface area contributed by atoms with Gasteiger partial charge in [-0.15, -0.1) is 11.6 Å². The van der Waals surface area contributed by atoms with E-state index in [0.29, 0.717) is 5.88 Å². The third-order valence-corrected chi connectivity index (χ3v) is 3.14. The molecule has 0 bridgehead atoms. The second kappa shape index (κ2) is 4.42. The largest absolute Gasteiger partial charge is 0.295 e. The number of benzene rings is 1. The first kappa shape index (κ1) is 11.2. The average Bonchev–Trinajstić information content (AvgIpc) is 2.77. The number of halogens is 1. The van der Waals surface area contributed by atoms with Crippen LogP contribution in [0.2, 0.25) is 0 Å².